The average molecular weight is 1110 g/mol. The van der Waals surface area contributed by atoms with Crippen LogP contribution in [0.2, 0.25) is 0 Å². The lowest BCUT2D eigenvalue weighted by Gasteiger charge is -2.37. The SMILES string of the molecule is Cc1ncsc1-c1ccc(CNC(=O)[C@@H]2C[C@@H](O)CN2C(=O)[C@@H](NC(=O)CN2CCN(CCCOc3ccc(-c4cnc5[nH]cc(C(=O)c6c(F)ccc(NS(=O)(=O)N7CC[C@@H](F)C7)c6F)c5c4)cc3)CC2)C(C)(C)C)cc1. The van der Waals surface area contributed by atoms with Gasteiger partial charge in [-0.3, -0.25) is 28.8 Å². The Balaban J connectivity index is 0.718. The smallest absolute Gasteiger partial charge is 0.301 e. The third-order valence-electron chi connectivity index (χ3n) is 14.4. The van der Waals surface area contributed by atoms with Crippen LogP contribution in [0.4, 0.5) is 18.9 Å². The first-order valence-corrected chi connectivity index (χ1v) is 28.2. The molecule has 0 saturated carbocycles. The molecule has 23 heteroatoms. The fourth-order valence-electron chi connectivity index (χ4n) is 10.0. The van der Waals surface area contributed by atoms with E-state index in [1.54, 1.807) is 41.2 Å². The summed E-state index contributed by atoms with van der Waals surface area (Å²) in [6, 6.07) is 16.6. The number of ketones is 1. The van der Waals surface area contributed by atoms with Gasteiger partial charge in [0.25, 0.3) is 0 Å². The van der Waals surface area contributed by atoms with Crippen molar-refractivity contribution in [2.75, 3.05) is 70.2 Å². The molecular weight excluding hydrogens is 1050 g/mol. The van der Waals surface area contributed by atoms with E-state index in [0.29, 0.717) is 31.0 Å². The molecule has 9 rings (SSSR count). The Morgan fingerprint density at radius 3 is 2.32 bits per heavy atom. The van der Waals surface area contributed by atoms with Crippen molar-refractivity contribution in [3.05, 3.63) is 119 Å². The number of rotatable bonds is 19. The minimum atomic E-state index is -4.38. The molecule has 0 unspecified atom stereocenters. The standard InChI is InChI=1S/C55H63F3N10O8S2/c1-33-50(77-32-62-33)36-8-6-34(7-9-36)26-61-53(72)45-25-39(69)30-68(45)54(73)51(55(2,3)4)63-46(70)31-66-21-19-65(20-22-66)17-5-23-76-40-12-10-35(11-13-40)37-24-41-42(28-60-52(41)59-27-37)49(71)47-43(57)14-15-44(48(47)58)64-78(74,75)67-18-16-38(56)29-67/h6-15,24,27-28,32,38-39,45,51,64,69H,5,16-23,25-26,29-31H2,1-4H3,(H,59,60)(H,61,72)(H,63,70)/t38-,39-,45+,51-/m1/s1. The van der Waals surface area contributed by atoms with Crippen LogP contribution in [0.1, 0.15) is 67.2 Å². The van der Waals surface area contributed by atoms with Gasteiger partial charge in [0.05, 0.1) is 46.6 Å². The molecule has 0 aliphatic carbocycles. The summed E-state index contributed by atoms with van der Waals surface area (Å²) in [5.74, 6) is -4.10. The van der Waals surface area contributed by atoms with Gasteiger partial charge in [-0.25, -0.2) is 23.1 Å². The number of anilines is 1. The quantitative estimate of drug-likeness (QED) is 0.0461. The molecule has 3 aliphatic heterocycles. The zero-order chi connectivity index (χ0) is 55.5. The number of piperazine rings is 1. The van der Waals surface area contributed by atoms with Crippen LogP contribution < -0.4 is 20.1 Å². The molecule has 3 fully saturated rings. The number of carbonyl (C=O) groups is 4. The molecule has 0 spiro atoms. The van der Waals surface area contributed by atoms with E-state index in [4.69, 9.17) is 4.74 Å². The fraction of sp³-hybridized carbons (Fsp3) is 0.418. The van der Waals surface area contributed by atoms with Crippen molar-refractivity contribution in [2.45, 2.75) is 77.9 Å². The van der Waals surface area contributed by atoms with Gasteiger partial charge in [0, 0.05) is 94.2 Å². The number of likely N-dealkylation sites (tertiary alicyclic amines) is 1. The van der Waals surface area contributed by atoms with E-state index < -0.39 is 81.1 Å². The summed E-state index contributed by atoms with van der Waals surface area (Å²) >= 11 is 1.56. The van der Waals surface area contributed by atoms with Gasteiger partial charge < -0.3 is 35.3 Å². The highest BCUT2D eigenvalue weighted by Crippen LogP contribution is 2.33. The average Bonchev–Trinajstić information content (AvgIpc) is 4.35. The van der Waals surface area contributed by atoms with Gasteiger partial charge in [-0.2, -0.15) is 12.7 Å². The number of nitrogens with one attached hydrogen (secondary N) is 4. The molecular formula is C55H63F3N10O8S2. The Morgan fingerprint density at radius 2 is 1.64 bits per heavy atom. The van der Waals surface area contributed by atoms with Crippen molar-refractivity contribution in [1.82, 2.24) is 44.6 Å². The molecule has 3 aromatic heterocycles. The predicted molar refractivity (Wildman–Crippen MR) is 290 cm³/mol. The molecule has 0 radical (unpaired) electrons. The number of benzene rings is 3. The van der Waals surface area contributed by atoms with E-state index >= 15 is 8.78 Å². The number of carbonyl (C=O) groups excluding carboxylic acids is 4. The number of aliphatic hydroxyl groups is 1. The molecule has 3 amide bonds. The maximum absolute atomic E-state index is 15.8. The molecule has 3 saturated heterocycles. The van der Waals surface area contributed by atoms with E-state index in [1.165, 1.54) is 11.1 Å². The van der Waals surface area contributed by atoms with E-state index in [9.17, 15) is 37.1 Å². The first-order valence-electron chi connectivity index (χ1n) is 25.9. The summed E-state index contributed by atoms with van der Waals surface area (Å²) in [6.45, 7) is 11.3. The highest BCUT2D eigenvalue weighted by Gasteiger charge is 2.45. The minimum absolute atomic E-state index is 0.0118. The fourth-order valence-corrected chi connectivity index (χ4v) is 12.1. The zero-order valence-electron chi connectivity index (χ0n) is 43.7. The first kappa shape index (κ1) is 56.0. The van der Waals surface area contributed by atoms with Crippen LogP contribution in [-0.2, 0) is 31.1 Å². The Hall–Kier alpha value is -6.76. The number of fused-ring (bicyclic) bond motifs is 1. The monoisotopic (exact) mass is 1110 g/mol. The minimum Gasteiger partial charge on any atom is -0.494 e. The zero-order valence-corrected chi connectivity index (χ0v) is 45.4. The van der Waals surface area contributed by atoms with Crippen LogP contribution in [0.15, 0.2) is 84.6 Å². The van der Waals surface area contributed by atoms with Crippen LogP contribution in [0.3, 0.4) is 0 Å². The highest BCUT2D eigenvalue weighted by atomic mass is 32.2. The maximum atomic E-state index is 15.8. The van der Waals surface area contributed by atoms with E-state index in [2.05, 4.69) is 30.5 Å². The van der Waals surface area contributed by atoms with E-state index in [-0.39, 0.29) is 67.4 Å². The van der Waals surface area contributed by atoms with Gasteiger partial charge >= 0.3 is 10.2 Å². The van der Waals surface area contributed by atoms with Crippen molar-refractivity contribution in [3.8, 4) is 27.3 Å². The molecule has 6 heterocycles. The van der Waals surface area contributed by atoms with Crippen LogP contribution in [0, 0.1) is 24.0 Å². The lowest BCUT2D eigenvalue weighted by molar-refractivity contribution is -0.144. The number of alkyl halides is 1. The van der Waals surface area contributed by atoms with Gasteiger partial charge in [0.15, 0.2) is 5.82 Å². The summed E-state index contributed by atoms with van der Waals surface area (Å²) in [4.78, 5) is 73.4. The maximum Gasteiger partial charge on any atom is 0.301 e. The van der Waals surface area contributed by atoms with Gasteiger partial charge in [0.2, 0.25) is 23.5 Å². The number of pyridine rings is 1. The molecule has 3 aliphatic rings. The second kappa shape index (κ2) is 23.7. The van der Waals surface area contributed by atoms with E-state index in [1.807, 2.05) is 73.7 Å². The second-order valence-corrected chi connectivity index (χ2v) is 23.6. The molecule has 6 aromatic rings. The number of aromatic nitrogens is 3. The van der Waals surface area contributed by atoms with Crippen molar-refractivity contribution in [3.63, 3.8) is 0 Å². The topological polar surface area (TPSA) is 222 Å². The number of hydrogen-bond donors (Lipinski definition) is 5. The Kier molecular flexibility index (Phi) is 17.0. The van der Waals surface area contributed by atoms with Crippen molar-refractivity contribution < 1.29 is 50.6 Å². The van der Waals surface area contributed by atoms with Gasteiger partial charge in [-0.05, 0) is 72.2 Å². The van der Waals surface area contributed by atoms with Gasteiger partial charge in [-0.1, -0.05) is 57.2 Å². The van der Waals surface area contributed by atoms with Gasteiger partial charge in [-0.15, -0.1) is 11.3 Å². The number of hydrogen-bond acceptors (Lipinski definition) is 13. The van der Waals surface area contributed by atoms with Crippen molar-refractivity contribution >= 4 is 61.8 Å². The summed E-state index contributed by atoms with van der Waals surface area (Å²) < 4.78 is 79.2. The number of thiazole rings is 1. The van der Waals surface area contributed by atoms with Crippen LogP contribution >= 0.6 is 11.3 Å². The van der Waals surface area contributed by atoms with Crippen molar-refractivity contribution in [1.29, 1.82) is 0 Å². The molecule has 5 N–H and O–H groups in total. The number of aromatic amines is 1. The number of H-pyrrole nitrogens is 1. The number of nitrogens with zero attached hydrogens (tertiary/aromatic N) is 6. The lowest BCUT2D eigenvalue weighted by Crippen LogP contribution is -2.59. The molecule has 414 valence electrons. The number of aliphatic hydroxyl groups excluding tert-OH is 1. The number of ether oxygens (including phenoxy) is 1. The largest absolute Gasteiger partial charge is 0.494 e. The summed E-state index contributed by atoms with van der Waals surface area (Å²) in [5.41, 5.74) is 3.92. The molecule has 78 heavy (non-hydrogen) atoms. The number of aryl methyl sites for hydroxylation is 1. The van der Waals surface area contributed by atoms with Crippen molar-refractivity contribution in [2.24, 2.45) is 5.41 Å². The Labute approximate surface area is 454 Å². The third-order valence-corrected chi connectivity index (χ3v) is 16.9. The predicted octanol–water partition coefficient (Wildman–Crippen LogP) is 6.07. The number of halogens is 3. The third kappa shape index (κ3) is 12.9. The highest BCUT2D eigenvalue weighted by molar-refractivity contribution is 7.90. The van der Waals surface area contributed by atoms with E-state index in [0.717, 1.165) is 69.8 Å². The first-order chi connectivity index (χ1) is 37.2. The van der Waals surface area contributed by atoms with Crippen LogP contribution in [0.5, 0.6) is 5.75 Å². The van der Waals surface area contributed by atoms with Gasteiger partial charge in [0.1, 0.15) is 35.5 Å². The molecule has 0 bridgehead atoms. The lowest BCUT2D eigenvalue weighted by atomic mass is 9.85. The van der Waals surface area contributed by atoms with Crippen LogP contribution in [-0.4, -0.2) is 161 Å². The molecule has 4 atom stereocenters. The normalized spacial score (nSPS) is 19.0. The Morgan fingerprint density at radius 1 is 0.923 bits per heavy atom. The van der Waals surface area contributed by atoms with Crippen LogP contribution in [0.25, 0.3) is 32.6 Å². The molecule has 18 nitrogen and oxygen atoms in total. The molecule has 3 aromatic carbocycles. The number of β-amino-alcohol motifs (C(OH)–C–C–N with tert-alkyl or cyclic N) is 1. The second-order valence-electron chi connectivity index (χ2n) is 21.1. The summed E-state index contributed by atoms with van der Waals surface area (Å²) in [6.07, 6.45) is 1.45. The summed E-state index contributed by atoms with van der Waals surface area (Å²) in [7, 11) is -4.38. The Bertz CT molecular complexity index is 3270. The summed E-state index contributed by atoms with van der Waals surface area (Å²) in [5, 5.41) is 16.9. The number of amides is 3.